The van der Waals surface area contributed by atoms with E-state index >= 15 is 0 Å². The van der Waals surface area contributed by atoms with E-state index in [4.69, 9.17) is 17.3 Å². The maximum atomic E-state index is 12.3. The Bertz CT molecular complexity index is 592. The van der Waals surface area contributed by atoms with E-state index in [1.165, 1.54) is 17.2 Å². The van der Waals surface area contributed by atoms with Gasteiger partial charge in [-0.1, -0.05) is 11.6 Å². The second kappa shape index (κ2) is 5.41. The first-order valence-corrected chi connectivity index (χ1v) is 6.17. The van der Waals surface area contributed by atoms with Gasteiger partial charge in [-0.15, -0.1) is 0 Å². The van der Waals surface area contributed by atoms with Crippen LogP contribution in [0.5, 0.6) is 0 Å². The number of pyridine rings is 1. The van der Waals surface area contributed by atoms with Crippen LogP contribution in [0.2, 0.25) is 5.15 Å². The molecule has 1 aliphatic rings. The van der Waals surface area contributed by atoms with E-state index in [0.29, 0.717) is 13.0 Å². The molecule has 8 nitrogen and oxygen atoms in total. The highest BCUT2D eigenvalue weighted by Gasteiger charge is 2.34. The average Bonchev–Trinajstić information content (AvgIpc) is 2.86. The van der Waals surface area contributed by atoms with Crippen LogP contribution in [0.15, 0.2) is 12.3 Å². The maximum Gasteiger partial charge on any atom is 0.319 e. The van der Waals surface area contributed by atoms with Gasteiger partial charge in [0.25, 0.3) is 5.91 Å². The summed E-state index contributed by atoms with van der Waals surface area (Å²) in [5, 5.41) is 10.6. The third-order valence-corrected chi connectivity index (χ3v) is 3.45. The molecule has 1 aromatic heterocycles. The normalized spacial score (nSPS) is 18.1. The Kier molecular flexibility index (Phi) is 3.84. The molecule has 0 aliphatic carbocycles. The maximum absolute atomic E-state index is 12.3. The number of carbonyl (C=O) groups excluding carboxylic acids is 2. The Labute approximate surface area is 118 Å². The van der Waals surface area contributed by atoms with Gasteiger partial charge in [0.1, 0.15) is 5.56 Å². The van der Waals surface area contributed by atoms with Gasteiger partial charge in [-0.2, -0.15) is 0 Å². The summed E-state index contributed by atoms with van der Waals surface area (Å²) >= 11 is 5.66. The van der Waals surface area contributed by atoms with Crippen molar-refractivity contribution in [1.29, 1.82) is 0 Å². The van der Waals surface area contributed by atoms with Crippen LogP contribution in [0.25, 0.3) is 0 Å². The van der Waals surface area contributed by atoms with E-state index in [2.05, 4.69) is 4.98 Å². The molecule has 0 saturated carbocycles. The molecule has 2 rings (SSSR count). The predicted molar refractivity (Wildman–Crippen MR) is 69.1 cm³/mol. The number of likely N-dealkylation sites (tertiary alicyclic amines) is 1. The van der Waals surface area contributed by atoms with Crippen LogP contribution in [0, 0.1) is 16.0 Å². The summed E-state index contributed by atoms with van der Waals surface area (Å²) in [6.45, 7) is 0.481. The van der Waals surface area contributed by atoms with Gasteiger partial charge in [-0.3, -0.25) is 19.7 Å². The molecule has 1 fully saturated rings. The van der Waals surface area contributed by atoms with E-state index in [1.54, 1.807) is 0 Å². The first-order chi connectivity index (χ1) is 9.41. The van der Waals surface area contributed by atoms with Crippen LogP contribution >= 0.6 is 11.6 Å². The lowest BCUT2D eigenvalue weighted by Crippen LogP contribution is -2.32. The van der Waals surface area contributed by atoms with Crippen molar-refractivity contribution >= 4 is 29.1 Å². The number of halogens is 1. The lowest BCUT2D eigenvalue weighted by molar-refractivity contribution is -0.385. The van der Waals surface area contributed by atoms with Crippen LogP contribution in [0.3, 0.4) is 0 Å². The average molecular weight is 299 g/mol. The van der Waals surface area contributed by atoms with Crippen molar-refractivity contribution in [3.8, 4) is 0 Å². The highest BCUT2D eigenvalue weighted by atomic mass is 35.5. The lowest BCUT2D eigenvalue weighted by Gasteiger charge is -2.15. The van der Waals surface area contributed by atoms with Gasteiger partial charge in [0.2, 0.25) is 11.1 Å². The van der Waals surface area contributed by atoms with Crippen molar-refractivity contribution in [3.05, 3.63) is 33.1 Å². The highest BCUT2D eigenvalue weighted by molar-refractivity contribution is 6.32. The summed E-state index contributed by atoms with van der Waals surface area (Å²) < 4.78 is 0. The molecule has 9 heteroatoms. The van der Waals surface area contributed by atoms with Crippen LogP contribution in [0.1, 0.15) is 16.8 Å². The monoisotopic (exact) mass is 298 g/mol. The van der Waals surface area contributed by atoms with Crippen LogP contribution in [0.4, 0.5) is 5.69 Å². The summed E-state index contributed by atoms with van der Waals surface area (Å²) in [7, 11) is 0. The third kappa shape index (κ3) is 2.55. The molecule has 1 atom stereocenters. The van der Waals surface area contributed by atoms with Crippen molar-refractivity contribution < 1.29 is 14.5 Å². The fourth-order valence-corrected chi connectivity index (χ4v) is 2.35. The zero-order valence-corrected chi connectivity index (χ0v) is 11.0. The number of nitrogens with zero attached hydrogens (tertiary/aromatic N) is 3. The Morgan fingerprint density at radius 3 is 2.80 bits per heavy atom. The largest absolute Gasteiger partial charge is 0.369 e. The van der Waals surface area contributed by atoms with Gasteiger partial charge < -0.3 is 10.6 Å². The summed E-state index contributed by atoms with van der Waals surface area (Å²) in [5.41, 5.74) is 4.52. The molecule has 0 radical (unpaired) electrons. The second-order valence-corrected chi connectivity index (χ2v) is 4.75. The molecule has 1 aromatic rings. The van der Waals surface area contributed by atoms with Gasteiger partial charge in [-0.05, 0) is 12.5 Å². The molecule has 0 bridgehead atoms. The molecule has 2 heterocycles. The van der Waals surface area contributed by atoms with E-state index in [-0.39, 0.29) is 17.3 Å². The summed E-state index contributed by atoms with van der Waals surface area (Å²) in [4.78, 5) is 38.5. The smallest absolute Gasteiger partial charge is 0.319 e. The van der Waals surface area contributed by atoms with Crippen molar-refractivity contribution in [2.45, 2.75) is 6.42 Å². The predicted octanol–water partition coefficient (Wildman–Crippen LogP) is 0.591. The van der Waals surface area contributed by atoms with Gasteiger partial charge in [0.15, 0.2) is 0 Å². The van der Waals surface area contributed by atoms with Gasteiger partial charge in [0.05, 0.1) is 10.8 Å². The standard InChI is InChI=1S/C11H11ClN4O4/c12-9-8(16(19)20)7(1-3-14-9)11(18)15-4-2-6(5-15)10(13)17/h1,3,6H,2,4-5H2,(H2,13,17). The molecule has 0 spiro atoms. The van der Waals surface area contributed by atoms with E-state index in [0.717, 1.165) is 0 Å². The summed E-state index contributed by atoms with van der Waals surface area (Å²) in [5.74, 6) is -1.46. The zero-order valence-electron chi connectivity index (χ0n) is 10.3. The number of amides is 2. The number of nitrogens with two attached hydrogens (primary N) is 1. The Hall–Kier alpha value is -2.22. The lowest BCUT2D eigenvalue weighted by atomic mass is 10.1. The minimum absolute atomic E-state index is 0.139. The first-order valence-electron chi connectivity index (χ1n) is 5.79. The van der Waals surface area contributed by atoms with Crippen LogP contribution in [-0.4, -0.2) is 39.7 Å². The molecule has 1 unspecified atom stereocenters. The van der Waals surface area contributed by atoms with Gasteiger partial charge in [-0.25, -0.2) is 4.98 Å². The first kappa shape index (κ1) is 14.2. The van der Waals surface area contributed by atoms with Gasteiger partial charge in [0, 0.05) is 19.3 Å². The minimum Gasteiger partial charge on any atom is -0.369 e. The van der Waals surface area contributed by atoms with Crippen molar-refractivity contribution in [3.63, 3.8) is 0 Å². The fraction of sp³-hybridized carbons (Fsp3) is 0.364. The number of hydrogen-bond donors (Lipinski definition) is 1. The molecule has 1 aliphatic heterocycles. The van der Waals surface area contributed by atoms with Crippen molar-refractivity contribution in [2.24, 2.45) is 11.7 Å². The minimum atomic E-state index is -0.746. The molecule has 20 heavy (non-hydrogen) atoms. The van der Waals surface area contributed by atoms with E-state index in [9.17, 15) is 19.7 Å². The molecule has 2 N–H and O–H groups in total. The molecular weight excluding hydrogens is 288 g/mol. The third-order valence-electron chi connectivity index (χ3n) is 3.17. The number of rotatable bonds is 3. The highest BCUT2D eigenvalue weighted by Crippen LogP contribution is 2.28. The summed E-state index contributed by atoms with van der Waals surface area (Å²) in [6, 6.07) is 1.24. The van der Waals surface area contributed by atoms with Gasteiger partial charge >= 0.3 is 5.69 Å². The van der Waals surface area contributed by atoms with Crippen LogP contribution in [-0.2, 0) is 4.79 Å². The molecule has 1 saturated heterocycles. The van der Waals surface area contributed by atoms with Crippen molar-refractivity contribution in [2.75, 3.05) is 13.1 Å². The number of hydrogen-bond acceptors (Lipinski definition) is 5. The number of primary amides is 1. The summed E-state index contributed by atoms with van der Waals surface area (Å²) in [6.07, 6.45) is 1.68. The topological polar surface area (TPSA) is 119 Å². The molecule has 2 amide bonds. The molecule has 106 valence electrons. The Morgan fingerprint density at radius 2 is 2.25 bits per heavy atom. The molecular formula is C11H11ClN4O4. The SMILES string of the molecule is NC(=O)C1CCN(C(=O)c2ccnc(Cl)c2[N+](=O)[O-])C1. The number of nitro groups is 1. The van der Waals surface area contributed by atoms with E-state index in [1.807, 2.05) is 0 Å². The zero-order chi connectivity index (χ0) is 14.9. The second-order valence-electron chi connectivity index (χ2n) is 4.39. The van der Waals surface area contributed by atoms with Crippen molar-refractivity contribution in [1.82, 2.24) is 9.88 Å². The van der Waals surface area contributed by atoms with Crippen LogP contribution < -0.4 is 5.73 Å². The fourth-order valence-electron chi connectivity index (χ4n) is 2.12. The Morgan fingerprint density at radius 1 is 1.55 bits per heavy atom. The Balaban J connectivity index is 2.29. The molecule has 0 aromatic carbocycles. The van der Waals surface area contributed by atoms with E-state index < -0.39 is 28.3 Å². The quantitative estimate of drug-likeness (QED) is 0.497. The number of carbonyl (C=O) groups is 2. The number of aromatic nitrogens is 1.